The van der Waals surface area contributed by atoms with Gasteiger partial charge in [-0.15, -0.1) is 11.8 Å². The maximum Gasteiger partial charge on any atom is 0.322 e. The van der Waals surface area contributed by atoms with E-state index in [4.69, 9.17) is 0 Å². The molecule has 0 aliphatic rings. The third-order valence-corrected chi connectivity index (χ3v) is 2.99. The summed E-state index contributed by atoms with van der Waals surface area (Å²) in [5.74, 6) is 2.16. The number of hydrogen-bond donors (Lipinski definition) is 2. The number of aliphatic carboxylic acids is 2. The summed E-state index contributed by atoms with van der Waals surface area (Å²) >= 11 is 0. The average Bonchev–Trinajstić information content (AvgIpc) is 2.23. The van der Waals surface area contributed by atoms with Gasteiger partial charge in [0.15, 0.2) is 5.41 Å². The van der Waals surface area contributed by atoms with E-state index in [-0.39, 0.29) is 6.42 Å². The van der Waals surface area contributed by atoms with Gasteiger partial charge in [0.25, 0.3) is 0 Å². The first-order valence-corrected chi connectivity index (χ1v) is 5.33. The zero-order valence-electron chi connectivity index (χ0n) is 9.91. The van der Waals surface area contributed by atoms with Crippen molar-refractivity contribution < 1.29 is 19.8 Å². The molecule has 0 heterocycles. The summed E-state index contributed by atoms with van der Waals surface area (Å²) < 4.78 is 0. The van der Waals surface area contributed by atoms with Gasteiger partial charge >= 0.3 is 11.9 Å². The van der Waals surface area contributed by atoms with Crippen molar-refractivity contribution in [3.05, 3.63) is 0 Å². The van der Waals surface area contributed by atoms with Gasteiger partial charge in [-0.2, -0.15) is 0 Å². The predicted octanol–water partition coefficient (Wildman–Crippen LogP) is 1.99. The van der Waals surface area contributed by atoms with Gasteiger partial charge in [-0.1, -0.05) is 26.7 Å². The SMILES string of the molecule is CC#CCC(C(=O)O)(C(=O)O)C(CC)CC. The van der Waals surface area contributed by atoms with Gasteiger partial charge < -0.3 is 10.2 Å². The highest BCUT2D eigenvalue weighted by Gasteiger charge is 2.51. The molecular weight excluding hydrogens is 208 g/mol. The summed E-state index contributed by atoms with van der Waals surface area (Å²) in [6.07, 6.45) is 0.890. The average molecular weight is 226 g/mol. The molecule has 0 aromatic carbocycles. The lowest BCUT2D eigenvalue weighted by Crippen LogP contribution is -2.45. The number of rotatable bonds is 6. The molecule has 0 radical (unpaired) electrons. The van der Waals surface area contributed by atoms with E-state index in [0.29, 0.717) is 12.8 Å². The molecule has 0 aliphatic heterocycles. The molecule has 0 aliphatic carbocycles. The third-order valence-electron chi connectivity index (χ3n) is 2.99. The van der Waals surface area contributed by atoms with Crippen molar-refractivity contribution in [1.29, 1.82) is 0 Å². The smallest absolute Gasteiger partial charge is 0.322 e. The highest BCUT2D eigenvalue weighted by molar-refractivity contribution is 5.99. The first kappa shape index (κ1) is 14.5. The van der Waals surface area contributed by atoms with Crippen LogP contribution in [-0.2, 0) is 9.59 Å². The topological polar surface area (TPSA) is 74.6 Å². The fraction of sp³-hybridized carbons (Fsp3) is 0.667. The standard InChI is InChI=1S/C12H18O4/c1-4-7-8-12(10(13)14,11(15)16)9(5-2)6-3/h9H,5-6,8H2,1-3H3,(H,13,14)(H,15,16). The summed E-state index contributed by atoms with van der Waals surface area (Å²) in [7, 11) is 0. The second-order valence-electron chi connectivity index (χ2n) is 3.70. The molecule has 0 fully saturated rings. The lowest BCUT2D eigenvalue weighted by molar-refractivity contribution is -0.169. The van der Waals surface area contributed by atoms with Crippen molar-refractivity contribution in [2.24, 2.45) is 11.3 Å². The lowest BCUT2D eigenvalue weighted by Gasteiger charge is -2.30. The third kappa shape index (κ3) is 2.54. The van der Waals surface area contributed by atoms with E-state index in [9.17, 15) is 19.8 Å². The zero-order valence-corrected chi connectivity index (χ0v) is 9.91. The van der Waals surface area contributed by atoms with Gasteiger partial charge in [-0.3, -0.25) is 9.59 Å². The minimum atomic E-state index is -1.77. The fourth-order valence-corrected chi connectivity index (χ4v) is 1.95. The van der Waals surface area contributed by atoms with Crippen molar-refractivity contribution >= 4 is 11.9 Å². The molecule has 0 rings (SSSR count). The van der Waals surface area contributed by atoms with E-state index in [1.54, 1.807) is 20.8 Å². The Bertz CT molecular complexity index is 304. The summed E-state index contributed by atoms with van der Waals surface area (Å²) in [5.41, 5.74) is -1.77. The molecule has 0 aromatic heterocycles. The maximum absolute atomic E-state index is 11.3. The van der Waals surface area contributed by atoms with E-state index in [1.165, 1.54) is 0 Å². The van der Waals surface area contributed by atoms with Gasteiger partial charge in [-0.25, -0.2) is 0 Å². The fourth-order valence-electron chi connectivity index (χ4n) is 1.95. The molecule has 90 valence electrons. The van der Waals surface area contributed by atoms with Crippen molar-refractivity contribution in [2.75, 3.05) is 0 Å². The van der Waals surface area contributed by atoms with E-state index in [0.717, 1.165) is 0 Å². The lowest BCUT2D eigenvalue weighted by atomic mass is 9.70. The van der Waals surface area contributed by atoms with Crippen LogP contribution in [-0.4, -0.2) is 22.2 Å². The van der Waals surface area contributed by atoms with Crippen LogP contribution in [0.1, 0.15) is 40.0 Å². The van der Waals surface area contributed by atoms with Crippen molar-refractivity contribution in [3.8, 4) is 11.8 Å². The van der Waals surface area contributed by atoms with Gasteiger partial charge in [0, 0.05) is 6.42 Å². The summed E-state index contributed by atoms with van der Waals surface area (Å²) in [4.78, 5) is 22.6. The Kier molecular flexibility index (Phi) is 5.59. The predicted molar refractivity (Wildman–Crippen MR) is 59.8 cm³/mol. The second-order valence-corrected chi connectivity index (χ2v) is 3.70. The van der Waals surface area contributed by atoms with Crippen LogP contribution in [0.3, 0.4) is 0 Å². The molecular formula is C12H18O4. The van der Waals surface area contributed by atoms with Crippen molar-refractivity contribution in [3.63, 3.8) is 0 Å². The number of carboxylic acids is 2. The van der Waals surface area contributed by atoms with Gasteiger partial charge in [0.1, 0.15) is 0 Å². The van der Waals surface area contributed by atoms with E-state index in [1.807, 2.05) is 0 Å². The molecule has 0 spiro atoms. The summed E-state index contributed by atoms with van der Waals surface area (Å²) in [5, 5.41) is 18.4. The molecule has 0 aromatic rings. The van der Waals surface area contributed by atoms with Gasteiger partial charge in [0.2, 0.25) is 0 Å². The van der Waals surface area contributed by atoms with E-state index < -0.39 is 23.3 Å². The first-order chi connectivity index (χ1) is 7.47. The monoisotopic (exact) mass is 226 g/mol. The Morgan fingerprint density at radius 1 is 1.19 bits per heavy atom. The molecule has 0 unspecified atom stereocenters. The highest BCUT2D eigenvalue weighted by atomic mass is 16.4. The minimum absolute atomic E-state index is 0.138. The molecule has 16 heavy (non-hydrogen) atoms. The zero-order chi connectivity index (χ0) is 12.8. The Hall–Kier alpha value is -1.50. The highest BCUT2D eigenvalue weighted by Crippen LogP contribution is 2.37. The molecule has 0 bridgehead atoms. The van der Waals surface area contributed by atoms with Gasteiger partial charge in [-0.05, 0) is 12.8 Å². The Labute approximate surface area is 95.7 Å². The van der Waals surface area contributed by atoms with Crippen LogP contribution in [0.15, 0.2) is 0 Å². The molecule has 0 atom stereocenters. The van der Waals surface area contributed by atoms with Gasteiger partial charge in [0.05, 0.1) is 0 Å². The van der Waals surface area contributed by atoms with Crippen molar-refractivity contribution in [1.82, 2.24) is 0 Å². The van der Waals surface area contributed by atoms with Crippen LogP contribution in [0, 0.1) is 23.2 Å². The quantitative estimate of drug-likeness (QED) is 0.536. The minimum Gasteiger partial charge on any atom is -0.480 e. The number of carbonyl (C=O) groups is 2. The van der Waals surface area contributed by atoms with Crippen LogP contribution in [0.25, 0.3) is 0 Å². The summed E-state index contributed by atoms with van der Waals surface area (Å²) in [6, 6.07) is 0. The van der Waals surface area contributed by atoms with E-state index >= 15 is 0 Å². The van der Waals surface area contributed by atoms with Crippen molar-refractivity contribution in [2.45, 2.75) is 40.0 Å². The molecule has 0 amide bonds. The van der Waals surface area contributed by atoms with Crippen LogP contribution in [0.5, 0.6) is 0 Å². The molecule has 0 saturated carbocycles. The molecule has 4 nitrogen and oxygen atoms in total. The Morgan fingerprint density at radius 2 is 1.62 bits per heavy atom. The van der Waals surface area contributed by atoms with Crippen LogP contribution < -0.4 is 0 Å². The Balaban J connectivity index is 5.46. The van der Waals surface area contributed by atoms with Crippen LogP contribution in [0.2, 0.25) is 0 Å². The largest absolute Gasteiger partial charge is 0.480 e. The molecule has 2 N–H and O–H groups in total. The van der Waals surface area contributed by atoms with Crippen LogP contribution in [0.4, 0.5) is 0 Å². The molecule has 4 heteroatoms. The normalized spacial score (nSPS) is 10.8. The van der Waals surface area contributed by atoms with E-state index in [2.05, 4.69) is 11.8 Å². The van der Waals surface area contributed by atoms with Crippen LogP contribution >= 0.6 is 0 Å². The Morgan fingerprint density at radius 3 is 1.88 bits per heavy atom. The molecule has 0 saturated heterocycles. The number of hydrogen-bond acceptors (Lipinski definition) is 2. The number of carboxylic acid groups (broad SMARTS) is 2. The maximum atomic E-state index is 11.3. The first-order valence-electron chi connectivity index (χ1n) is 5.33. The summed E-state index contributed by atoms with van der Waals surface area (Å²) in [6.45, 7) is 5.17. The second kappa shape index (κ2) is 6.16.